The molecule has 0 aliphatic carbocycles. The minimum Gasteiger partial charge on any atom is -0.493 e. The minimum absolute atomic E-state index is 0.215. The number of hydrogen-bond donors (Lipinski definition) is 1. The van der Waals surface area contributed by atoms with E-state index >= 15 is 0 Å². The lowest BCUT2D eigenvalue weighted by Crippen LogP contribution is -2.41. The SMILES string of the molecule is CC1CN(CCCOc2ccccc2C(=O)O)CCO1. The molecule has 5 nitrogen and oxygen atoms in total. The van der Waals surface area contributed by atoms with Gasteiger partial charge in [0.2, 0.25) is 0 Å². The van der Waals surface area contributed by atoms with Crippen molar-refractivity contribution in [2.75, 3.05) is 32.8 Å². The highest BCUT2D eigenvalue weighted by Gasteiger charge is 2.16. The van der Waals surface area contributed by atoms with E-state index in [2.05, 4.69) is 11.8 Å². The first kappa shape index (κ1) is 14.8. The molecule has 1 aliphatic rings. The average molecular weight is 279 g/mol. The van der Waals surface area contributed by atoms with Crippen molar-refractivity contribution in [2.45, 2.75) is 19.4 Å². The molecule has 20 heavy (non-hydrogen) atoms. The maximum atomic E-state index is 11.0. The first-order chi connectivity index (χ1) is 9.66. The Morgan fingerprint density at radius 1 is 1.50 bits per heavy atom. The van der Waals surface area contributed by atoms with Gasteiger partial charge in [-0.05, 0) is 25.5 Å². The molecule has 0 saturated carbocycles. The molecule has 0 spiro atoms. The number of rotatable bonds is 6. The number of carbonyl (C=O) groups is 1. The molecule has 1 aromatic rings. The molecule has 1 saturated heterocycles. The molecule has 1 atom stereocenters. The summed E-state index contributed by atoms with van der Waals surface area (Å²) in [4.78, 5) is 13.4. The molecular formula is C15H21NO4. The van der Waals surface area contributed by atoms with Crippen LogP contribution in [0.15, 0.2) is 24.3 Å². The Morgan fingerprint density at radius 2 is 2.30 bits per heavy atom. The van der Waals surface area contributed by atoms with Gasteiger partial charge in [-0.3, -0.25) is 4.90 Å². The van der Waals surface area contributed by atoms with Crippen LogP contribution in [0.1, 0.15) is 23.7 Å². The number of para-hydroxylation sites is 1. The van der Waals surface area contributed by atoms with Crippen LogP contribution in [0.4, 0.5) is 0 Å². The van der Waals surface area contributed by atoms with Crippen LogP contribution in [0.2, 0.25) is 0 Å². The highest BCUT2D eigenvalue weighted by atomic mass is 16.5. The van der Waals surface area contributed by atoms with Crippen molar-refractivity contribution in [3.05, 3.63) is 29.8 Å². The molecule has 0 bridgehead atoms. The first-order valence-corrected chi connectivity index (χ1v) is 6.96. The number of benzene rings is 1. The van der Waals surface area contributed by atoms with E-state index in [0.717, 1.165) is 32.7 Å². The lowest BCUT2D eigenvalue weighted by molar-refractivity contribution is -0.0193. The third-order valence-electron chi connectivity index (χ3n) is 3.32. The molecule has 1 heterocycles. The van der Waals surface area contributed by atoms with Gasteiger partial charge in [-0.2, -0.15) is 0 Å². The summed E-state index contributed by atoms with van der Waals surface area (Å²) in [6.07, 6.45) is 1.16. The van der Waals surface area contributed by atoms with Gasteiger partial charge in [0.1, 0.15) is 11.3 Å². The van der Waals surface area contributed by atoms with Crippen molar-refractivity contribution >= 4 is 5.97 Å². The van der Waals surface area contributed by atoms with Gasteiger partial charge in [0.25, 0.3) is 0 Å². The van der Waals surface area contributed by atoms with Crippen molar-refractivity contribution in [2.24, 2.45) is 0 Å². The smallest absolute Gasteiger partial charge is 0.339 e. The lowest BCUT2D eigenvalue weighted by Gasteiger charge is -2.30. The van der Waals surface area contributed by atoms with Crippen molar-refractivity contribution < 1.29 is 19.4 Å². The quantitative estimate of drug-likeness (QED) is 0.806. The van der Waals surface area contributed by atoms with Gasteiger partial charge < -0.3 is 14.6 Å². The second kappa shape index (κ2) is 7.26. The zero-order valence-corrected chi connectivity index (χ0v) is 11.7. The topological polar surface area (TPSA) is 59.0 Å². The Morgan fingerprint density at radius 3 is 3.05 bits per heavy atom. The molecule has 0 amide bonds. The van der Waals surface area contributed by atoms with Gasteiger partial charge in [-0.1, -0.05) is 12.1 Å². The maximum absolute atomic E-state index is 11.0. The van der Waals surface area contributed by atoms with Gasteiger partial charge in [0.15, 0.2) is 0 Å². The Labute approximate surface area is 119 Å². The summed E-state index contributed by atoms with van der Waals surface area (Å²) in [5, 5.41) is 9.05. The van der Waals surface area contributed by atoms with Crippen molar-refractivity contribution in [3.8, 4) is 5.75 Å². The highest BCUT2D eigenvalue weighted by molar-refractivity contribution is 5.90. The van der Waals surface area contributed by atoms with Gasteiger partial charge >= 0.3 is 5.97 Å². The van der Waals surface area contributed by atoms with Crippen LogP contribution in [-0.2, 0) is 4.74 Å². The monoisotopic (exact) mass is 279 g/mol. The van der Waals surface area contributed by atoms with Crippen LogP contribution in [0, 0.1) is 0 Å². The van der Waals surface area contributed by atoms with Crippen LogP contribution in [0.5, 0.6) is 5.75 Å². The Hall–Kier alpha value is -1.59. The molecule has 1 unspecified atom stereocenters. The third-order valence-corrected chi connectivity index (χ3v) is 3.32. The molecule has 2 rings (SSSR count). The van der Waals surface area contributed by atoms with Crippen molar-refractivity contribution in [3.63, 3.8) is 0 Å². The van der Waals surface area contributed by atoms with E-state index in [1.807, 2.05) is 0 Å². The summed E-state index contributed by atoms with van der Waals surface area (Å²) in [6.45, 7) is 6.23. The summed E-state index contributed by atoms with van der Waals surface area (Å²) in [5.74, 6) is -0.516. The van der Waals surface area contributed by atoms with Crippen molar-refractivity contribution in [1.29, 1.82) is 0 Å². The molecule has 1 aromatic carbocycles. The highest BCUT2D eigenvalue weighted by Crippen LogP contribution is 2.18. The van der Waals surface area contributed by atoms with E-state index in [1.165, 1.54) is 0 Å². The summed E-state index contributed by atoms with van der Waals surface area (Å²) in [5.41, 5.74) is 0.215. The van der Waals surface area contributed by atoms with E-state index in [-0.39, 0.29) is 11.7 Å². The maximum Gasteiger partial charge on any atom is 0.339 e. The molecule has 5 heteroatoms. The summed E-state index contributed by atoms with van der Waals surface area (Å²) in [6, 6.07) is 6.73. The van der Waals surface area contributed by atoms with E-state index in [1.54, 1.807) is 24.3 Å². The van der Waals surface area contributed by atoms with Crippen LogP contribution in [0.25, 0.3) is 0 Å². The number of ether oxygens (including phenoxy) is 2. The molecular weight excluding hydrogens is 258 g/mol. The van der Waals surface area contributed by atoms with E-state index in [9.17, 15) is 4.79 Å². The second-order valence-corrected chi connectivity index (χ2v) is 4.99. The molecule has 0 radical (unpaired) electrons. The molecule has 1 fully saturated rings. The van der Waals surface area contributed by atoms with E-state index in [4.69, 9.17) is 14.6 Å². The number of carboxylic acid groups (broad SMARTS) is 1. The predicted molar refractivity (Wildman–Crippen MR) is 75.4 cm³/mol. The fraction of sp³-hybridized carbons (Fsp3) is 0.533. The fourth-order valence-corrected chi connectivity index (χ4v) is 2.33. The number of morpholine rings is 1. The zero-order chi connectivity index (χ0) is 14.4. The lowest BCUT2D eigenvalue weighted by atomic mass is 10.2. The number of carboxylic acids is 1. The molecule has 1 N–H and O–H groups in total. The minimum atomic E-state index is -0.956. The number of hydrogen-bond acceptors (Lipinski definition) is 4. The summed E-state index contributed by atoms with van der Waals surface area (Å²) >= 11 is 0. The second-order valence-electron chi connectivity index (χ2n) is 4.99. The average Bonchev–Trinajstić information content (AvgIpc) is 2.44. The largest absolute Gasteiger partial charge is 0.493 e. The third kappa shape index (κ3) is 4.21. The Balaban J connectivity index is 1.74. The molecule has 110 valence electrons. The van der Waals surface area contributed by atoms with Gasteiger partial charge in [-0.15, -0.1) is 0 Å². The normalized spacial score (nSPS) is 19.8. The van der Waals surface area contributed by atoms with Gasteiger partial charge in [0, 0.05) is 19.6 Å². The first-order valence-electron chi connectivity index (χ1n) is 6.96. The standard InChI is InChI=1S/C15H21NO4/c1-12-11-16(8-10-19-12)7-4-9-20-14-6-3-2-5-13(14)15(17)18/h2-3,5-6,12H,4,7-11H2,1H3,(H,17,18). The number of aromatic carboxylic acids is 1. The summed E-state index contributed by atoms with van der Waals surface area (Å²) < 4.78 is 11.1. The van der Waals surface area contributed by atoms with Crippen molar-refractivity contribution in [1.82, 2.24) is 4.90 Å². The summed E-state index contributed by atoms with van der Waals surface area (Å²) in [7, 11) is 0. The van der Waals surface area contributed by atoms with Crippen LogP contribution >= 0.6 is 0 Å². The van der Waals surface area contributed by atoms with Crippen LogP contribution < -0.4 is 4.74 Å². The van der Waals surface area contributed by atoms with Gasteiger partial charge in [0.05, 0.1) is 19.3 Å². The van der Waals surface area contributed by atoms with E-state index in [0.29, 0.717) is 12.4 Å². The molecule has 0 aromatic heterocycles. The van der Waals surface area contributed by atoms with E-state index < -0.39 is 5.97 Å². The Bertz CT molecular complexity index is 449. The fourth-order valence-electron chi connectivity index (χ4n) is 2.33. The van der Waals surface area contributed by atoms with Crippen LogP contribution in [0.3, 0.4) is 0 Å². The molecule has 1 aliphatic heterocycles. The zero-order valence-electron chi connectivity index (χ0n) is 11.7. The van der Waals surface area contributed by atoms with Crippen LogP contribution in [-0.4, -0.2) is 54.9 Å². The predicted octanol–water partition coefficient (Wildman–Crippen LogP) is 1.87. The van der Waals surface area contributed by atoms with Gasteiger partial charge in [-0.25, -0.2) is 4.79 Å². The number of nitrogens with zero attached hydrogens (tertiary/aromatic N) is 1. The Kier molecular flexibility index (Phi) is 5.38.